The lowest BCUT2D eigenvalue weighted by molar-refractivity contribution is 0.101. The number of hydrogen-bond donors (Lipinski definition) is 2. The second kappa shape index (κ2) is 4.40. The lowest BCUT2D eigenvalue weighted by Gasteiger charge is -2.05. The predicted octanol–water partition coefficient (Wildman–Crippen LogP) is 1.96. The second-order valence-electron chi connectivity index (χ2n) is 2.91. The maximum absolute atomic E-state index is 12.8. The first kappa shape index (κ1) is 10.7. The summed E-state index contributed by atoms with van der Waals surface area (Å²) >= 11 is 3.14. The largest absolute Gasteiger partial charge is 0.318 e. The molecule has 0 fully saturated rings. The van der Waals surface area contributed by atoms with E-state index in [4.69, 9.17) is 0 Å². The molecule has 0 bridgehead atoms. The third kappa shape index (κ3) is 2.25. The van der Waals surface area contributed by atoms with Crippen molar-refractivity contribution in [2.24, 2.45) is 0 Å². The predicted molar refractivity (Wildman–Crippen MR) is 58.4 cm³/mol. The van der Waals surface area contributed by atoms with Crippen LogP contribution in [0.25, 0.3) is 0 Å². The van der Waals surface area contributed by atoms with Gasteiger partial charge in [-0.3, -0.25) is 9.89 Å². The average Bonchev–Trinajstić information content (AvgIpc) is 2.75. The maximum atomic E-state index is 12.8. The molecule has 0 radical (unpaired) electrons. The molecule has 82 valence electrons. The van der Waals surface area contributed by atoms with Crippen LogP contribution in [0.15, 0.2) is 29.0 Å². The van der Waals surface area contributed by atoms with Gasteiger partial charge < -0.3 is 5.32 Å². The average molecular weight is 285 g/mol. The first-order valence-corrected chi connectivity index (χ1v) is 5.08. The number of carbonyl (C=O) groups excluding carboxylic acids is 1. The maximum Gasteiger partial charge on any atom is 0.293 e. The first-order valence-electron chi connectivity index (χ1n) is 4.28. The third-order valence-electron chi connectivity index (χ3n) is 1.81. The van der Waals surface area contributed by atoms with Crippen molar-refractivity contribution in [3.63, 3.8) is 0 Å². The van der Waals surface area contributed by atoms with Crippen LogP contribution < -0.4 is 5.32 Å². The Morgan fingerprint density at radius 1 is 1.50 bits per heavy atom. The zero-order chi connectivity index (χ0) is 11.5. The van der Waals surface area contributed by atoms with Crippen LogP contribution in [0, 0.1) is 5.82 Å². The summed E-state index contributed by atoms with van der Waals surface area (Å²) in [5, 5.41) is 8.53. The molecule has 16 heavy (non-hydrogen) atoms. The van der Waals surface area contributed by atoms with Gasteiger partial charge in [-0.25, -0.2) is 9.37 Å². The van der Waals surface area contributed by atoms with Crippen LogP contribution in [0.3, 0.4) is 0 Å². The Hall–Kier alpha value is -1.76. The number of aromatic nitrogens is 3. The lowest BCUT2D eigenvalue weighted by atomic mass is 10.3. The van der Waals surface area contributed by atoms with Crippen LogP contribution in [0.1, 0.15) is 10.6 Å². The molecular formula is C9H6BrFN4O. The molecule has 2 rings (SSSR count). The van der Waals surface area contributed by atoms with Crippen LogP contribution in [0.2, 0.25) is 0 Å². The number of halogens is 2. The van der Waals surface area contributed by atoms with E-state index in [0.717, 1.165) is 0 Å². The van der Waals surface area contributed by atoms with Gasteiger partial charge in [0, 0.05) is 4.47 Å². The Kier molecular flexibility index (Phi) is 2.95. The minimum atomic E-state index is -0.440. The molecule has 1 aromatic carbocycles. The normalized spacial score (nSPS) is 10.1. The van der Waals surface area contributed by atoms with Gasteiger partial charge in [-0.1, -0.05) is 0 Å². The number of amides is 1. The summed E-state index contributed by atoms with van der Waals surface area (Å²) < 4.78 is 13.2. The fourth-order valence-electron chi connectivity index (χ4n) is 1.09. The van der Waals surface area contributed by atoms with E-state index in [1.54, 1.807) is 0 Å². The second-order valence-corrected chi connectivity index (χ2v) is 3.77. The molecule has 0 aliphatic rings. The highest BCUT2D eigenvalue weighted by Crippen LogP contribution is 2.23. The molecule has 2 N–H and O–H groups in total. The lowest BCUT2D eigenvalue weighted by Crippen LogP contribution is -2.14. The Morgan fingerprint density at radius 2 is 2.31 bits per heavy atom. The molecule has 0 aliphatic heterocycles. The van der Waals surface area contributed by atoms with E-state index in [1.165, 1.54) is 24.5 Å². The van der Waals surface area contributed by atoms with E-state index in [9.17, 15) is 9.18 Å². The molecule has 5 nitrogen and oxygen atoms in total. The van der Waals surface area contributed by atoms with Gasteiger partial charge in [0.1, 0.15) is 12.1 Å². The zero-order valence-electron chi connectivity index (χ0n) is 7.87. The van der Waals surface area contributed by atoms with E-state index < -0.39 is 5.91 Å². The number of nitrogens with one attached hydrogen (secondary N) is 2. The highest BCUT2D eigenvalue weighted by molar-refractivity contribution is 9.10. The van der Waals surface area contributed by atoms with E-state index in [0.29, 0.717) is 10.2 Å². The Morgan fingerprint density at radius 3 is 2.94 bits per heavy atom. The molecule has 7 heteroatoms. The summed E-state index contributed by atoms with van der Waals surface area (Å²) in [6, 6.07) is 3.96. The van der Waals surface area contributed by atoms with E-state index in [-0.39, 0.29) is 11.6 Å². The molecule has 0 atom stereocenters. The molecule has 0 aliphatic carbocycles. The fourth-order valence-corrected chi connectivity index (χ4v) is 1.54. The van der Waals surface area contributed by atoms with Crippen molar-refractivity contribution in [3.8, 4) is 0 Å². The minimum Gasteiger partial charge on any atom is -0.318 e. The number of anilines is 1. The minimum absolute atomic E-state index is 0.0937. The van der Waals surface area contributed by atoms with Crippen LogP contribution in [-0.4, -0.2) is 21.1 Å². The van der Waals surface area contributed by atoms with Gasteiger partial charge in [0.05, 0.1) is 5.69 Å². The fraction of sp³-hybridized carbons (Fsp3) is 0. The van der Waals surface area contributed by atoms with Crippen molar-refractivity contribution < 1.29 is 9.18 Å². The number of hydrogen-bond acceptors (Lipinski definition) is 3. The summed E-state index contributed by atoms with van der Waals surface area (Å²) in [6.07, 6.45) is 1.23. The summed E-state index contributed by atoms with van der Waals surface area (Å²) in [5.41, 5.74) is 0.461. The number of aromatic amines is 1. The van der Waals surface area contributed by atoms with Crippen molar-refractivity contribution in [1.29, 1.82) is 0 Å². The Balaban J connectivity index is 2.18. The van der Waals surface area contributed by atoms with Gasteiger partial charge in [0.25, 0.3) is 5.91 Å². The summed E-state index contributed by atoms with van der Waals surface area (Å²) in [5.74, 6) is -0.731. The Labute approximate surface area is 98.2 Å². The highest BCUT2D eigenvalue weighted by Gasteiger charge is 2.10. The Bertz CT molecular complexity index is 514. The molecule has 0 saturated heterocycles. The first-order chi connectivity index (χ1) is 7.66. The zero-order valence-corrected chi connectivity index (χ0v) is 9.45. The highest BCUT2D eigenvalue weighted by atomic mass is 79.9. The molecule has 0 saturated carbocycles. The summed E-state index contributed by atoms with van der Waals surface area (Å²) in [7, 11) is 0. The third-order valence-corrected chi connectivity index (χ3v) is 2.47. The van der Waals surface area contributed by atoms with Crippen LogP contribution in [0.5, 0.6) is 0 Å². The van der Waals surface area contributed by atoms with Crippen LogP contribution in [0.4, 0.5) is 10.1 Å². The summed E-state index contributed by atoms with van der Waals surface area (Å²) in [6.45, 7) is 0. The van der Waals surface area contributed by atoms with Crippen molar-refractivity contribution in [1.82, 2.24) is 15.2 Å². The SMILES string of the molecule is O=C(Nc1ccc(F)cc1Br)c1ncn[nH]1. The number of nitrogens with zero attached hydrogens (tertiary/aromatic N) is 2. The smallest absolute Gasteiger partial charge is 0.293 e. The molecule has 2 aromatic rings. The van der Waals surface area contributed by atoms with Gasteiger partial charge in [-0.2, -0.15) is 5.10 Å². The van der Waals surface area contributed by atoms with Crippen LogP contribution in [-0.2, 0) is 0 Å². The molecule has 1 amide bonds. The monoisotopic (exact) mass is 284 g/mol. The topological polar surface area (TPSA) is 70.7 Å². The summed E-state index contributed by atoms with van der Waals surface area (Å²) in [4.78, 5) is 15.2. The van der Waals surface area contributed by atoms with E-state index >= 15 is 0 Å². The van der Waals surface area contributed by atoms with Gasteiger partial charge in [0.2, 0.25) is 5.82 Å². The van der Waals surface area contributed by atoms with Gasteiger partial charge >= 0.3 is 0 Å². The molecule has 1 heterocycles. The number of H-pyrrole nitrogens is 1. The molecular weight excluding hydrogens is 279 g/mol. The van der Waals surface area contributed by atoms with Gasteiger partial charge in [-0.15, -0.1) is 0 Å². The number of carbonyl (C=O) groups is 1. The molecule has 0 spiro atoms. The molecule has 1 aromatic heterocycles. The van der Waals surface area contributed by atoms with Crippen molar-refractivity contribution in [3.05, 3.63) is 40.6 Å². The van der Waals surface area contributed by atoms with E-state index in [1.807, 2.05) is 0 Å². The van der Waals surface area contributed by atoms with Crippen molar-refractivity contribution in [2.75, 3.05) is 5.32 Å². The van der Waals surface area contributed by atoms with Crippen molar-refractivity contribution >= 4 is 27.5 Å². The number of rotatable bonds is 2. The quantitative estimate of drug-likeness (QED) is 0.886. The van der Waals surface area contributed by atoms with Crippen LogP contribution >= 0.6 is 15.9 Å². The number of benzene rings is 1. The van der Waals surface area contributed by atoms with Gasteiger partial charge in [0.15, 0.2) is 0 Å². The van der Waals surface area contributed by atoms with E-state index in [2.05, 4.69) is 36.4 Å². The standard InChI is InChI=1S/C9H6BrFN4O/c10-6-3-5(11)1-2-7(6)14-9(16)8-12-4-13-15-8/h1-4H,(H,14,16)(H,12,13,15). The van der Waals surface area contributed by atoms with Crippen molar-refractivity contribution in [2.45, 2.75) is 0 Å². The van der Waals surface area contributed by atoms with Gasteiger partial charge in [-0.05, 0) is 34.1 Å². The molecule has 0 unspecified atom stereocenters.